The molecule has 3 saturated carbocycles. The predicted molar refractivity (Wildman–Crippen MR) is 128 cm³/mol. The minimum Gasteiger partial charge on any atom is -0.389 e. The van der Waals surface area contributed by atoms with Crippen LogP contribution in [0.5, 0.6) is 0 Å². The molecule has 0 radical (unpaired) electrons. The van der Waals surface area contributed by atoms with Gasteiger partial charge in [0.05, 0.1) is 6.10 Å². The first-order valence-electron chi connectivity index (χ1n) is 13.3. The van der Waals surface area contributed by atoms with Crippen LogP contribution in [0.1, 0.15) is 106 Å². The van der Waals surface area contributed by atoms with E-state index in [1.807, 2.05) is 0 Å². The van der Waals surface area contributed by atoms with Crippen molar-refractivity contribution in [2.45, 2.75) is 112 Å². The van der Waals surface area contributed by atoms with Gasteiger partial charge in [-0.2, -0.15) is 0 Å². The average Bonchev–Trinajstić information content (AvgIpc) is 3.05. The topological polar surface area (TPSA) is 20.2 Å². The molecule has 0 saturated heterocycles. The van der Waals surface area contributed by atoms with Crippen LogP contribution < -0.4 is 0 Å². The van der Waals surface area contributed by atoms with E-state index < -0.39 is 0 Å². The Morgan fingerprint density at radius 1 is 1.10 bits per heavy atom. The second-order valence-corrected chi connectivity index (χ2v) is 12.4. The van der Waals surface area contributed by atoms with E-state index in [4.69, 9.17) is 0 Å². The first kappa shape index (κ1) is 22.6. The van der Waals surface area contributed by atoms with Crippen molar-refractivity contribution in [3.8, 4) is 0 Å². The van der Waals surface area contributed by atoms with Gasteiger partial charge in [-0.1, -0.05) is 52.3 Å². The molecule has 1 nitrogen and oxygen atoms in total. The normalized spacial score (nSPS) is 44.9. The Hall–Kier alpha value is -0.560. The summed E-state index contributed by atoms with van der Waals surface area (Å²) in [5, 5.41) is 10.7. The molecule has 4 rings (SSSR count). The highest BCUT2D eigenvalue weighted by atomic mass is 16.3. The van der Waals surface area contributed by atoms with Crippen LogP contribution >= 0.6 is 0 Å². The third kappa shape index (κ3) is 3.56. The lowest BCUT2D eigenvalue weighted by molar-refractivity contribution is -0.0589. The third-order valence-corrected chi connectivity index (χ3v) is 10.8. The predicted octanol–water partition coefficient (Wildman–Crippen LogP) is 7.94. The number of hydrogen-bond donors (Lipinski definition) is 1. The second-order valence-electron chi connectivity index (χ2n) is 12.4. The maximum absolute atomic E-state index is 10.7. The van der Waals surface area contributed by atoms with Crippen molar-refractivity contribution in [1.29, 1.82) is 0 Å². The molecule has 0 aromatic carbocycles. The van der Waals surface area contributed by atoms with Gasteiger partial charge in [0.2, 0.25) is 0 Å². The fourth-order valence-corrected chi connectivity index (χ4v) is 9.12. The lowest BCUT2D eigenvalue weighted by atomic mass is 9.47. The first-order valence-corrected chi connectivity index (χ1v) is 13.3. The fraction of sp³-hybridized carbons (Fsp3) is 0.862. The molecule has 0 spiro atoms. The zero-order valence-corrected chi connectivity index (χ0v) is 20.7. The average molecular weight is 413 g/mol. The van der Waals surface area contributed by atoms with Crippen LogP contribution in [0.25, 0.3) is 0 Å². The minimum atomic E-state index is -0.156. The van der Waals surface area contributed by atoms with Crippen molar-refractivity contribution in [2.75, 3.05) is 0 Å². The smallest absolute Gasteiger partial charge is 0.0755 e. The molecule has 170 valence electrons. The standard InChI is InChI=1S/C29H48O/c1-7-21(19(2)3)11-10-20(4)23-14-15-24-22-12-13-26-27(30)9-8-17-28(26,5)25(22)16-18-29(23,24)6/h7,13,19-20,22-25,27,30H,8-12,14-18H2,1-6H3/b21-7+/t20-,22-,23-,24-,25-,27-,28+,29+/m0/s1. The molecule has 4 aliphatic carbocycles. The molecule has 0 bridgehead atoms. The minimum absolute atomic E-state index is 0.156. The molecule has 0 amide bonds. The maximum Gasteiger partial charge on any atom is 0.0755 e. The molecule has 0 aromatic heterocycles. The lowest BCUT2D eigenvalue weighted by Crippen LogP contribution is -2.51. The van der Waals surface area contributed by atoms with Gasteiger partial charge in [0.1, 0.15) is 0 Å². The SMILES string of the molecule is C/C=C(\CC[C@H](C)[C@@H]1CC[C@H]2[C@@H]3CC=C4[C@@H](O)CCC[C@]4(C)[C@H]3CC[C@@]21C)C(C)C. The Bertz CT molecular complexity index is 686. The summed E-state index contributed by atoms with van der Waals surface area (Å²) in [4.78, 5) is 0. The van der Waals surface area contributed by atoms with E-state index in [0.29, 0.717) is 11.3 Å². The van der Waals surface area contributed by atoms with Crippen molar-refractivity contribution in [2.24, 2.45) is 46.3 Å². The largest absolute Gasteiger partial charge is 0.389 e. The summed E-state index contributed by atoms with van der Waals surface area (Å²) in [6.07, 6.45) is 17.9. The van der Waals surface area contributed by atoms with Gasteiger partial charge in [-0.15, -0.1) is 0 Å². The van der Waals surface area contributed by atoms with E-state index in [1.165, 1.54) is 63.4 Å². The van der Waals surface area contributed by atoms with E-state index in [-0.39, 0.29) is 11.5 Å². The van der Waals surface area contributed by atoms with E-state index in [9.17, 15) is 5.11 Å². The van der Waals surface area contributed by atoms with Gasteiger partial charge in [0.25, 0.3) is 0 Å². The summed E-state index contributed by atoms with van der Waals surface area (Å²) in [6, 6.07) is 0. The highest BCUT2D eigenvalue weighted by molar-refractivity contribution is 5.27. The Morgan fingerprint density at radius 3 is 2.57 bits per heavy atom. The van der Waals surface area contributed by atoms with Crippen molar-refractivity contribution in [3.63, 3.8) is 0 Å². The number of aliphatic hydroxyl groups is 1. The Kier molecular flexibility index (Phi) is 6.35. The Labute approximate surface area is 186 Å². The molecule has 0 aromatic rings. The van der Waals surface area contributed by atoms with Crippen LogP contribution in [0.4, 0.5) is 0 Å². The molecule has 8 atom stereocenters. The molecule has 3 fully saturated rings. The molecular weight excluding hydrogens is 364 g/mol. The lowest BCUT2D eigenvalue weighted by Gasteiger charge is -2.58. The number of allylic oxidation sites excluding steroid dienone is 3. The van der Waals surface area contributed by atoms with Crippen molar-refractivity contribution < 1.29 is 5.11 Å². The highest BCUT2D eigenvalue weighted by Crippen LogP contribution is 2.67. The fourth-order valence-electron chi connectivity index (χ4n) is 9.12. The van der Waals surface area contributed by atoms with Crippen molar-refractivity contribution >= 4 is 0 Å². The molecule has 30 heavy (non-hydrogen) atoms. The van der Waals surface area contributed by atoms with E-state index in [1.54, 1.807) is 5.57 Å². The van der Waals surface area contributed by atoms with Gasteiger partial charge in [0, 0.05) is 0 Å². The summed E-state index contributed by atoms with van der Waals surface area (Å²) in [7, 11) is 0. The van der Waals surface area contributed by atoms with Crippen LogP contribution in [-0.2, 0) is 0 Å². The Morgan fingerprint density at radius 2 is 1.87 bits per heavy atom. The summed E-state index contributed by atoms with van der Waals surface area (Å²) >= 11 is 0. The molecule has 1 heteroatoms. The molecule has 0 heterocycles. The van der Waals surface area contributed by atoms with Gasteiger partial charge in [-0.05, 0) is 123 Å². The first-order chi connectivity index (χ1) is 14.2. The van der Waals surface area contributed by atoms with Crippen molar-refractivity contribution in [1.82, 2.24) is 0 Å². The maximum atomic E-state index is 10.7. The third-order valence-electron chi connectivity index (χ3n) is 10.8. The quantitative estimate of drug-likeness (QED) is 0.454. The van der Waals surface area contributed by atoms with Gasteiger partial charge in [0.15, 0.2) is 0 Å². The van der Waals surface area contributed by atoms with Crippen LogP contribution in [0.3, 0.4) is 0 Å². The number of hydrogen-bond acceptors (Lipinski definition) is 1. The molecule has 0 unspecified atom stereocenters. The molecule has 1 N–H and O–H groups in total. The van der Waals surface area contributed by atoms with Gasteiger partial charge in [-0.25, -0.2) is 0 Å². The summed E-state index contributed by atoms with van der Waals surface area (Å²) in [5.41, 5.74) is 3.90. The van der Waals surface area contributed by atoms with Gasteiger partial charge < -0.3 is 5.11 Å². The van der Waals surface area contributed by atoms with E-state index in [2.05, 4.69) is 53.7 Å². The zero-order chi connectivity index (χ0) is 21.7. The van der Waals surface area contributed by atoms with Crippen LogP contribution in [0, 0.1) is 46.3 Å². The van der Waals surface area contributed by atoms with Crippen LogP contribution in [-0.4, -0.2) is 11.2 Å². The molecule has 0 aliphatic heterocycles. The van der Waals surface area contributed by atoms with E-state index in [0.717, 1.165) is 36.0 Å². The van der Waals surface area contributed by atoms with Crippen LogP contribution in [0.2, 0.25) is 0 Å². The van der Waals surface area contributed by atoms with Gasteiger partial charge in [-0.3, -0.25) is 0 Å². The number of aliphatic hydroxyl groups excluding tert-OH is 1. The monoisotopic (exact) mass is 412 g/mol. The zero-order valence-electron chi connectivity index (χ0n) is 20.7. The highest BCUT2D eigenvalue weighted by Gasteiger charge is 2.59. The number of rotatable bonds is 5. The molecule has 4 aliphatic rings. The summed E-state index contributed by atoms with van der Waals surface area (Å²) < 4.78 is 0. The molecular formula is C29H48O. The van der Waals surface area contributed by atoms with E-state index >= 15 is 0 Å². The Balaban J connectivity index is 1.50. The van der Waals surface area contributed by atoms with Gasteiger partial charge >= 0.3 is 0 Å². The number of fused-ring (bicyclic) bond motifs is 5. The summed E-state index contributed by atoms with van der Waals surface area (Å²) in [5.74, 6) is 5.02. The second kappa shape index (κ2) is 8.42. The summed E-state index contributed by atoms with van der Waals surface area (Å²) in [6.45, 7) is 14.7. The van der Waals surface area contributed by atoms with Crippen LogP contribution in [0.15, 0.2) is 23.3 Å². The van der Waals surface area contributed by atoms with Crippen molar-refractivity contribution in [3.05, 3.63) is 23.3 Å².